The zero-order chi connectivity index (χ0) is 33.6. The van der Waals surface area contributed by atoms with Gasteiger partial charge < -0.3 is 30.7 Å². The van der Waals surface area contributed by atoms with E-state index in [2.05, 4.69) is 26.3 Å². The van der Waals surface area contributed by atoms with Crippen molar-refractivity contribution in [3.8, 4) is 45.5 Å². The molecule has 0 radical (unpaired) electrons. The summed E-state index contributed by atoms with van der Waals surface area (Å²) in [6.07, 6.45) is 4.47. The van der Waals surface area contributed by atoms with Crippen LogP contribution in [0.25, 0.3) is 33.8 Å². The third kappa shape index (κ3) is 7.55. The number of methoxy groups -OCH3 is 2. The summed E-state index contributed by atoms with van der Waals surface area (Å²) in [6.45, 7) is 2.41. The molecule has 1 aromatic carbocycles. The topological polar surface area (TPSA) is 139 Å². The number of halogens is 2. The van der Waals surface area contributed by atoms with Gasteiger partial charge in [-0.15, -0.1) is 0 Å². The summed E-state index contributed by atoms with van der Waals surface area (Å²) >= 11 is 14.1. The van der Waals surface area contributed by atoms with Crippen LogP contribution in [-0.2, 0) is 22.7 Å². The summed E-state index contributed by atoms with van der Waals surface area (Å²) in [4.78, 5) is 37.0. The molecule has 6 rings (SSSR count). The average molecular weight is 691 g/mol. The summed E-state index contributed by atoms with van der Waals surface area (Å²) in [7, 11) is 3.17. The highest BCUT2D eigenvalue weighted by atomic mass is 35.5. The fraction of sp³-hybridized carbons (Fsp3) is 0.343. The Kier molecular flexibility index (Phi) is 10.7. The molecular weight excluding hydrogens is 653 g/mol. The number of nitrogens with one attached hydrogen (secondary N) is 4. The van der Waals surface area contributed by atoms with Gasteiger partial charge in [0, 0.05) is 85.1 Å². The molecule has 0 unspecified atom stereocenters. The number of nitrogens with zero attached hydrogens (tertiary/aromatic N) is 3. The molecule has 2 amide bonds. The average Bonchev–Trinajstić information content (AvgIpc) is 3.72. The number of carbonyl (C=O) groups is 2. The van der Waals surface area contributed by atoms with Crippen molar-refractivity contribution in [1.82, 2.24) is 36.2 Å². The van der Waals surface area contributed by atoms with Crippen LogP contribution < -0.4 is 30.7 Å². The normalized spacial score (nSPS) is 17.3. The molecule has 0 saturated carbocycles. The van der Waals surface area contributed by atoms with Gasteiger partial charge in [0.2, 0.25) is 23.6 Å². The lowest BCUT2D eigenvalue weighted by Gasteiger charge is -2.16. The number of rotatable bonds is 13. The van der Waals surface area contributed by atoms with Gasteiger partial charge in [0.25, 0.3) is 0 Å². The highest BCUT2D eigenvalue weighted by molar-refractivity contribution is 6.39. The molecule has 3 aromatic heterocycles. The number of benzene rings is 1. The molecule has 2 fully saturated rings. The largest absolute Gasteiger partial charge is 0.481 e. The maximum absolute atomic E-state index is 11.5. The molecule has 2 saturated heterocycles. The third-order valence-electron chi connectivity index (χ3n) is 8.54. The predicted molar refractivity (Wildman–Crippen MR) is 185 cm³/mol. The van der Waals surface area contributed by atoms with Crippen LogP contribution in [0, 0.1) is 0 Å². The van der Waals surface area contributed by atoms with Gasteiger partial charge in [-0.3, -0.25) is 14.6 Å². The van der Waals surface area contributed by atoms with E-state index in [1.54, 1.807) is 20.4 Å². The second kappa shape index (κ2) is 15.3. The first-order valence-electron chi connectivity index (χ1n) is 15.9. The van der Waals surface area contributed by atoms with E-state index < -0.39 is 0 Å². The number of hydrogen-bond donors (Lipinski definition) is 4. The molecule has 0 bridgehead atoms. The summed E-state index contributed by atoms with van der Waals surface area (Å²) in [5, 5.41) is 13.6. The minimum absolute atomic E-state index is 0.0913. The first kappa shape index (κ1) is 33.6. The lowest BCUT2D eigenvalue weighted by molar-refractivity contribution is -0.120. The number of aromatic nitrogens is 3. The third-order valence-corrected chi connectivity index (χ3v) is 9.33. The van der Waals surface area contributed by atoms with E-state index in [0.717, 1.165) is 35.1 Å². The second-order valence-corrected chi connectivity index (χ2v) is 12.5. The van der Waals surface area contributed by atoms with Gasteiger partial charge in [-0.2, -0.15) is 0 Å². The summed E-state index contributed by atoms with van der Waals surface area (Å²) in [6, 6.07) is 15.5. The zero-order valence-electron chi connectivity index (χ0n) is 26.7. The Morgan fingerprint density at radius 3 is 1.83 bits per heavy atom. The molecule has 11 nitrogen and oxygen atoms in total. The molecule has 0 spiro atoms. The fourth-order valence-corrected chi connectivity index (χ4v) is 6.67. The Balaban J connectivity index is 1.20. The maximum Gasteiger partial charge on any atom is 0.220 e. The first-order valence-corrected chi connectivity index (χ1v) is 16.6. The summed E-state index contributed by atoms with van der Waals surface area (Å²) < 4.78 is 11.2. The van der Waals surface area contributed by atoms with E-state index in [9.17, 15) is 9.59 Å². The Morgan fingerprint density at radius 2 is 1.27 bits per heavy atom. The number of pyridine rings is 3. The van der Waals surface area contributed by atoms with Crippen LogP contribution in [0.15, 0.2) is 54.7 Å². The number of ether oxygens (including phenoxy) is 2. The monoisotopic (exact) mass is 689 g/mol. The number of amides is 2. The quantitative estimate of drug-likeness (QED) is 0.154. The maximum atomic E-state index is 11.5. The van der Waals surface area contributed by atoms with E-state index >= 15 is 0 Å². The molecule has 2 atom stereocenters. The Bertz CT molecular complexity index is 1690. The van der Waals surface area contributed by atoms with Crippen molar-refractivity contribution in [2.45, 2.75) is 50.9 Å². The molecule has 13 heteroatoms. The molecule has 48 heavy (non-hydrogen) atoms. The SMILES string of the molecule is COc1nc(-c2cccc(-c3ccnc(-c4ccc(CNC[C@@H]5CCC(=O)N5)c(OC)n4)c3Cl)c2Cl)ccc1CNC[C@H]1CCC(=O)N1. The summed E-state index contributed by atoms with van der Waals surface area (Å²) in [5.74, 6) is 1.14. The van der Waals surface area contributed by atoms with Crippen LogP contribution in [-0.4, -0.2) is 66.2 Å². The molecule has 2 aliphatic heterocycles. The highest BCUT2D eigenvalue weighted by Gasteiger charge is 2.22. The van der Waals surface area contributed by atoms with E-state index in [1.165, 1.54) is 0 Å². The molecule has 4 N–H and O–H groups in total. The van der Waals surface area contributed by atoms with Gasteiger partial charge in [-0.05, 0) is 31.0 Å². The van der Waals surface area contributed by atoms with Crippen molar-refractivity contribution in [3.63, 3.8) is 0 Å². The van der Waals surface area contributed by atoms with Crippen LogP contribution in [0.4, 0.5) is 0 Å². The van der Waals surface area contributed by atoms with Crippen LogP contribution in [0.2, 0.25) is 10.0 Å². The molecule has 4 aromatic rings. The molecule has 5 heterocycles. The standard InChI is InChI=1S/C35H37Cl2N7O4/c1-47-34-20(16-38-18-22-8-12-29(45)41-22)6-10-27(43-34)26-5-3-4-24(31(26)36)25-14-15-40-33(32(25)37)28-11-7-21(35(44-28)48-2)17-39-19-23-9-13-30(46)42-23/h3-7,10-11,14-15,22-23,38-39H,8-9,12-13,16-19H2,1-2H3,(H,41,45)(H,42,46)/t22-,23+/m1/s1. The fourth-order valence-electron chi connectivity index (χ4n) is 6.03. The van der Waals surface area contributed by atoms with Crippen LogP contribution in [0.3, 0.4) is 0 Å². The Hall–Kier alpha value is -4.29. The predicted octanol–water partition coefficient (Wildman–Crippen LogP) is 4.93. The van der Waals surface area contributed by atoms with E-state index in [1.807, 2.05) is 48.5 Å². The van der Waals surface area contributed by atoms with Gasteiger partial charge in [-0.25, -0.2) is 9.97 Å². The van der Waals surface area contributed by atoms with Crippen molar-refractivity contribution in [2.24, 2.45) is 0 Å². The van der Waals surface area contributed by atoms with Crippen LogP contribution >= 0.6 is 23.2 Å². The van der Waals surface area contributed by atoms with Gasteiger partial charge in [0.05, 0.1) is 35.7 Å². The molecule has 250 valence electrons. The minimum atomic E-state index is 0.0913. The van der Waals surface area contributed by atoms with E-state index in [0.29, 0.717) is 83.5 Å². The second-order valence-electron chi connectivity index (χ2n) is 11.8. The first-order chi connectivity index (χ1) is 23.3. The number of hydrogen-bond acceptors (Lipinski definition) is 9. The van der Waals surface area contributed by atoms with Gasteiger partial charge >= 0.3 is 0 Å². The van der Waals surface area contributed by atoms with E-state index in [4.69, 9.17) is 42.6 Å². The summed E-state index contributed by atoms with van der Waals surface area (Å²) in [5.41, 5.74) is 5.63. The van der Waals surface area contributed by atoms with Gasteiger partial charge in [-0.1, -0.05) is 53.5 Å². The van der Waals surface area contributed by atoms with Crippen molar-refractivity contribution >= 4 is 35.0 Å². The zero-order valence-corrected chi connectivity index (χ0v) is 28.3. The van der Waals surface area contributed by atoms with Crippen molar-refractivity contribution in [2.75, 3.05) is 27.3 Å². The van der Waals surface area contributed by atoms with Gasteiger partial charge in [0.15, 0.2) is 0 Å². The highest BCUT2D eigenvalue weighted by Crippen LogP contribution is 2.41. The minimum Gasteiger partial charge on any atom is -0.481 e. The Labute approximate surface area is 289 Å². The van der Waals surface area contributed by atoms with E-state index in [-0.39, 0.29) is 23.9 Å². The molecular formula is C35H37Cl2N7O4. The lowest BCUT2D eigenvalue weighted by atomic mass is 10.00. The smallest absolute Gasteiger partial charge is 0.220 e. The number of carbonyl (C=O) groups excluding carboxylic acids is 2. The van der Waals surface area contributed by atoms with Crippen molar-refractivity contribution in [1.29, 1.82) is 0 Å². The van der Waals surface area contributed by atoms with Crippen LogP contribution in [0.1, 0.15) is 36.8 Å². The van der Waals surface area contributed by atoms with Crippen molar-refractivity contribution < 1.29 is 19.1 Å². The van der Waals surface area contributed by atoms with Crippen molar-refractivity contribution in [3.05, 3.63) is 75.9 Å². The van der Waals surface area contributed by atoms with Crippen LogP contribution in [0.5, 0.6) is 11.8 Å². The van der Waals surface area contributed by atoms with Gasteiger partial charge in [0.1, 0.15) is 5.69 Å². The molecule has 0 aliphatic carbocycles. The lowest BCUT2D eigenvalue weighted by Crippen LogP contribution is -2.35. The Morgan fingerprint density at radius 1 is 0.729 bits per heavy atom. The molecule has 2 aliphatic rings.